The summed E-state index contributed by atoms with van der Waals surface area (Å²) in [6, 6.07) is 5.73. The molecule has 0 radical (unpaired) electrons. The molecule has 0 spiro atoms. The molecule has 1 saturated heterocycles. The molecule has 22 heavy (non-hydrogen) atoms. The van der Waals surface area contributed by atoms with Gasteiger partial charge in [-0.15, -0.1) is 0 Å². The van der Waals surface area contributed by atoms with Gasteiger partial charge in [0.05, 0.1) is 17.1 Å². The predicted octanol–water partition coefficient (Wildman–Crippen LogP) is 2.11. The number of aliphatic hydroxyl groups is 1. The lowest BCUT2D eigenvalue weighted by Gasteiger charge is -2.33. The maximum absolute atomic E-state index is 12.6. The van der Waals surface area contributed by atoms with Gasteiger partial charge in [-0.3, -0.25) is 4.79 Å². The molecule has 0 saturated carbocycles. The van der Waals surface area contributed by atoms with E-state index < -0.39 is 0 Å². The Kier molecular flexibility index (Phi) is 3.91. The van der Waals surface area contributed by atoms with E-state index in [-0.39, 0.29) is 12.0 Å². The van der Waals surface area contributed by atoms with E-state index in [1.54, 1.807) is 0 Å². The number of benzene rings is 1. The lowest BCUT2D eigenvalue weighted by molar-refractivity contribution is 0.0521. The van der Waals surface area contributed by atoms with Crippen LogP contribution in [-0.4, -0.2) is 44.7 Å². The summed E-state index contributed by atoms with van der Waals surface area (Å²) in [5.41, 5.74) is 2.60. The number of fused-ring (bicyclic) bond motifs is 1. The minimum absolute atomic E-state index is 0.0641. The Bertz CT molecular complexity index is 697. The quantitative estimate of drug-likeness (QED) is 0.924. The molecule has 1 aliphatic heterocycles. The number of likely N-dealkylation sites (tertiary alicyclic amines) is 1. The molecule has 1 aromatic heterocycles. The van der Waals surface area contributed by atoms with Crippen LogP contribution in [-0.2, 0) is 7.05 Å². The highest BCUT2D eigenvalue weighted by atomic mass is 16.3. The Morgan fingerprint density at radius 1 is 1.36 bits per heavy atom. The van der Waals surface area contributed by atoms with Crippen LogP contribution >= 0.6 is 0 Å². The largest absolute Gasteiger partial charge is 0.393 e. The molecule has 1 unspecified atom stereocenters. The molecule has 3 rings (SSSR count). The van der Waals surface area contributed by atoms with Gasteiger partial charge in [0, 0.05) is 25.7 Å². The van der Waals surface area contributed by atoms with E-state index in [2.05, 4.69) is 4.98 Å². The average molecular weight is 301 g/mol. The van der Waals surface area contributed by atoms with E-state index in [0.29, 0.717) is 24.6 Å². The molecule has 2 heterocycles. The third-order valence-corrected chi connectivity index (χ3v) is 4.86. The summed E-state index contributed by atoms with van der Waals surface area (Å²) in [5, 5.41) is 9.65. The van der Waals surface area contributed by atoms with Crippen LogP contribution in [0, 0.1) is 12.8 Å². The van der Waals surface area contributed by atoms with Gasteiger partial charge < -0.3 is 14.6 Å². The smallest absolute Gasteiger partial charge is 0.253 e. The van der Waals surface area contributed by atoms with Crippen LogP contribution in [0.1, 0.15) is 35.9 Å². The van der Waals surface area contributed by atoms with Crippen molar-refractivity contribution in [3.63, 3.8) is 0 Å². The van der Waals surface area contributed by atoms with E-state index in [9.17, 15) is 9.90 Å². The van der Waals surface area contributed by atoms with Crippen molar-refractivity contribution in [1.82, 2.24) is 14.5 Å². The Balaban J connectivity index is 1.78. The highest BCUT2D eigenvalue weighted by Crippen LogP contribution is 2.23. The first-order valence-electron chi connectivity index (χ1n) is 7.88. The number of hydrogen-bond donors (Lipinski definition) is 1. The normalized spacial score (nSPS) is 17.9. The van der Waals surface area contributed by atoms with E-state index in [4.69, 9.17) is 0 Å². The monoisotopic (exact) mass is 301 g/mol. The van der Waals surface area contributed by atoms with Gasteiger partial charge in [-0.25, -0.2) is 4.98 Å². The number of imidazole rings is 1. The van der Waals surface area contributed by atoms with Crippen LogP contribution in [0.15, 0.2) is 18.2 Å². The standard InChI is InChI=1S/C17H23N3O2/c1-11(21)13-6-8-20(9-7-13)17(22)14-4-5-16-15(10-14)18-12(2)19(16)3/h4-5,10-11,13,21H,6-9H2,1-3H3. The number of carbonyl (C=O) groups excluding carboxylic acids is 1. The molecule has 0 aliphatic carbocycles. The summed E-state index contributed by atoms with van der Waals surface area (Å²) in [6.45, 7) is 5.23. The van der Waals surface area contributed by atoms with Crippen molar-refractivity contribution in [3.05, 3.63) is 29.6 Å². The number of piperidine rings is 1. The van der Waals surface area contributed by atoms with Crippen molar-refractivity contribution in [2.75, 3.05) is 13.1 Å². The molecule has 1 aromatic carbocycles. The summed E-state index contributed by atoms with van der Waals surface area (Å²) >= 11 is 0. The SMILES string of the molecule is Cc1nc2cc(C(=O)N3CCC(C(C)O)CC3)ccc2n1C. The van der Waals surface area contributed by atoms with Crippen molar-refractivity contribution < 1.29 is 9.90 Å². The first-order valence-corrected chi connectivity index (χ1v) is 7.88. The van der Waals surface area contributed by atoms with Gasteiger partial charge in [0.2, 0.25) is 0 Å². The van der Waals surface area contributed by atoms with Gasteiger partial charge in [0.15, 0.2) is 0 Å². The molecule has 1 fully saturated rings. The van der Waals surface area contributed by atoms with Crippen LogP contribution in [0.5, 0.6) is 0 Å². The van der Waals surface area contributed by atoms with Gasteiger partial charge >= 0.3 is 0 Å². The van der Waals surface area contributed by atoms with Gasteiger partial charge in [-0.2, -0.15) is 0 Å². The highest BCUT2D eigenvalue weighted by Gasteiger charge is 2.26. The lowest BCUT2D eigenvalue weighted by atomic mass is 9.92. The number of carbonyl (C=O) groups is 1. The van der Waals surface area contributed by atoms with Crippen molar-refractivity contribution in [3.8, 4) is 0 Å². The van der Waals surface area contributed by atoms with Crippen LogP contribution < -0.4 is 0 Å². The summed E-state index contributed by atoms with van der Waals surface area (Å²) in [6.07, 6.45) is 1.45. The fourth-order valence-electron chi connectivity index (χ4n) is 3.22. The average Bonchev–Trinajstić information content (AvgIpc) is 2.81. The highest BCUT2D eigenvalue weighted by molar-refractivity contribution is 5.97. The molecule has 1 amide bonds. The number of amides is 1. The van der Waals surface area contributed by atoms with Crippen LogP contribution in [0.25, 0.3) is 11.0 Å². The maximum Gasteiger partial charge on any atom is 0.253 e. The molecule has 5 heteroatoms. The number of nitrogens with zero attached hydrogens (tertiary/aromatic N) is 3. The zero-order valence-electron chi connectivity index (χ0n) is 13.4. The maximum atomic E-state index is 12.6. The number of hydrogen-bond acceptors (Lipinski definition) is 3. The van der Waals surface area contributed by atoms with E-state index in [0.717, 1.165) is 29.7 Å². The fourth-order valence-corrected chi connectivity index (χ4v) is 3.22. The minimum Gasteiger partial charge on any atom is -0.393 e. The zero-order valence-corrected chi connectivity index (χ0v) is 13.4. The molecule has 5 nitrogen and oxygen atoms in total. The Labute approximate surface area is 130 Å². The topological polar surface area (TPSA) is 58.4 Å². The molecule has 2 aromatic rings. The van der Waals surface area contributed by atoms with Crippen molar-refractivity contribution in [2.24, 2.45) is 13.0 Å². The lowest BCUT2D eigenvalue weighted by Crippen LogP contribution is -2.40. The molecule has 0 bridgehead atoms. The summed E-state index contributed by atoms with van der Waals surface area (Å²) < 4.78 is 2.03. The van der Waals surface area contributed by atoms with E-state index in [1.165, 1.54) is 0 Å². The van der Waals surface area contributed by atoms with Gasteiger partial charge in [0.1, 0.15) is 5.82 Å². The van der Waals surface area contributed by atoms with Gasteiger partial charge in [0.25, 0.3) is 5.91 Å². The van der Waals surface area contributed by atoms with Crippen molar-refractivity contribution in [2.45, 2.75) is 32.8 Å². The summed E-state index contributed by atoms with van der Waals surface area (Å²) in [5.74, 6) is 1.32. The Morgan fingerprint density at radius 3 is 2.68 bits per heavy atom. The van der Waals surface area contributed by atoms with Crippen molar-refractivity contribution >= 4 is 16.9 Å². The van der Waals surface area contributed by atoms with Crippen LogP contribution in [0.3, 0.4) is 0 Å². The van der Waals surface area contributed by atoms with Crippen molar-refractivity contribution in [1.29, 1.82) is 0 Å². The Morgan fingerprint density at radius 2 is 2.05 bits per heavy atom. The minimum atomic E-state index is -0.287. The van der Waals surface area contributed by atoms with Gasteiger partial charge in [-0.1, -0.05) is 0 Å². The molecule has 118 valence electrons. The van der Waals surface area contributed by atoms with E-state index in [1.807, 2.05) is 48.6 Å². The predicted molar refractivity (Wildman–Crippen MR) is 85.8 cm³/mol. The third-order valence-electron chi connectivity index (χ3n) is 4.86. The molecular formula is C17H23N3O2. The second kappa shape index (κ2) is 5.72. The molecule has 1 N–H and O–H groups in total. The Hall–Kier alpha value is -1.88. The van der Waals surface area contributed by atoms with Gasteiger partial charge in [-0.05, 0) is 50.8 Å². The second-order valence-electron chi connectivity index (χ2n) is 6.29. The summed E-state index contributed by atoms with van der Waals surface area (Å²) in [4.78, 5) is 19.0. The zero-order chi connectivity index (χ0) is 15.9. The second-order valence-corrected chi connectivity index (χ2v) is 6.29. The van der Waals surface area contributed by atoms with Crippen LogP contribution in [0.2, 0.25) is 0 Å². The summed E-state index contributed by atoms with van der Waals surface area (Å²) in [7, 11) is 1.98. The number of rotatable bonds is 2. The molecule has 1 atom stereocenters. The fraction of sp³-hybridized carbons (Fsp3) is 0.529. The first kappa shape index (κ1) is 15.0. The molecular weight excluding hydrogens is 278 g/mol. The molecule has 1 aliphatic rings. The number of aryl methyl sites for hydroxylation is 2. The number of aliphatic hydroxyl groups excluding tert-OH is 1. The number of aromatic nitrogens is 2. The third kappa shape index (κ3) is 2.61. The van der Waals surface area contributed by atoms with Crippen LogP contribution in [0.4, 0.5) is 0 Å². The van der Waals surface area contributed by atoms with E-state index >= 15 is 0 Å². The first-order chi connectivity index (χ1) is 10.5.